The molecule has 0 unspecified atom stereocenters. The largest absolute Gasteiger partial charge is 0.497 e. The van der Waals surface area contributed by atoms with Crippen LogP contribution in [0.25, 0.3) is 22.3 Å². The van der Waals surface area contributed by atoms with Crippen molar-refractivity contribution in [2.75, 3.05) is 32.2 Å². The Kier molecular flexibility index (Phi) is 8.89. The fourth-order valence-electron chi connectivity index (χ4n) is 3.80. The number of halogens is 1. The molecule has 0 spiro atoms. The van der Waals surface area contributed by atoms with Gasteiger partial charge in [0.25, 0.3) is 0 Å². The molecule has 0 atom stereocenters. The van der Waals surface area contributed by atoms with Crippen molar-refractivity contribution < 1.29 is 9.47 Å². The van der Waals surface area contributed by atoms with E-state index in [2.05, 4.69) is 53.2 Å². The maximum absolute atomic E-state index is 5.52. The van der Waals surface area contributed by atoms with Crippen LogP contribution in [-0.4, -0.2) is 53.1 Å². The number of nitrogens with one attached hydrogen (secondary N) is 1. The molecule has 0 fully saturated rings. The molecule has 0 aliphatic carbocycles. The van der Waals surface area contributed by atoms with E-state index in [0.717, 1.165) is 64.8 Å². The number of hydrogen-bond acceptors (Lipinski definition) is 7. The zero-order valence-electron chi connectivity index (χ0n) is 20.9. The third-order valence-electron chi connectivity index (χ3n) is 5.63. The van der Waals surface area contributed by atoms with Crippen LogP contribution in [0.5, 0.6) is 11.5 Å². The Morgan fingerprint density at radius 2 is 1.71 bits per heavy atom. The van der Waals surface area contributed by atoms with Gasteiger partial charge in [-0.15, -0.1) is 12.4 Å². The molecule has 0 bridgehead atoms. The van der Waals surface area contributed by atoms with Gasteiger partial charge in [0.15, 0.2) is 0 Å². The zero-order chi connectivity index (χ0) is 24.1. The molecule has 0 saturated heterocycles. The van der Waals surface area contributed by atoms with Crippen LogP contribution >= 0.6 is 12.4 Å². The number of aryl methyl sites for hydroxylation is 1. The predicted octanol–water partition coefficient (Wildman–Crippen LogP) is 5.09. The molecule has 35 heavy (non-hydrogen) atoms. The van der Waals surface area contributed by atoms with Crippen LogP contribution in [0.15, 0.2) is 55.0 Å². The maximum Gasteiger partial charge on any atom is 0.124 e. The van der Waals surface area contributed by atoms with E-state index >= 15 is 0 Å². The Balaban J connectivity index is 0.00000342. The highest BCUT2D eigenvalue weighted by Crippen LogP contribution is 2.34. The second kappa shape index (κ2) is 11.9. The fourth-order valence-corrected chi connectivity index (χ4v) is 3.80. The number of nitrogens with zero attached hydrogens (tertiary/aromatic N) is 5. The summed E-state index contributed by atoms with van der Waals surface area (Å²) in [5.41, 5.74) is 5.44. The molecular weight excluding hydrogens is 464 g/mol. The van der Waals surface area contributed by atoms with Crippen molar-refractivity contribution in [2.24, 2.45) is 0 Å². The lowest BCUT2D eigenvalue weighted by Crippen LogP contribution is -2.32. The van der Waals surface area contributed by atoms with Gasteiger partial charge in [0, 0.05) is 67.0 Å². The Morgan fingerprint density at radius 1 is 0.971 bits per heavy atom. The Labute approximate surface area is 212 Å². The van der Waals surface area contributed by atoms with Gasteiger partial charge >= 0.3 is 0 Å². The van der Waals surface area contributed by atoms with E-state index in [0.29, 0.717) is 6.04 Å². The highest BCUT2D eigenvalue weighted by molar-refractivity contribution is 5.85. The zero-order valence-corrected chi connectivity index (χ0v) is 21.7. The second-order valence-corrected chi connectivity index (χ2v) is 8.34. The molecule has 0 amide bonds. The van der Waals surface area contributed by atoms with E-state index in [-0.39, 0.29) is 12.4 Å². The van der Waals surface area contributed by atoms with Gasteiger partial charge in [-0.25, -0.2) is 4.98 Å². The van der Waals surface area contributed by atoms with Gasteiger partial charge in [0.05, 0.1) is 43.3 Å². The highest BCUT2D eigenvalue weighted by atomic mass is 35.5. The van der Waals surface area contributed by atoms with Crippen molar-refractivity contribution in [3.8, 4) is 22.8 Å². The molecule has 0 aliphatic heterocycles. The maximum atomic E-state index is 5.52. The SMILES string of the molecule is CCn1cc(-c2cnc3ccc(N(CCNC(C)C)c4cc(OC)cc(OC)c4)cc3n2)cn1.Cl. The number of ether oxygens (including phenoxy) is 2. The summed E-state index contributed by atoms with van der Waals surface area (Å²) < 4.78 is 12.9. The molecule has 1 N–H and O–H groups in total. The first-order valence-electron chi connectivity index (χ1n) is 11.5. The average Bonchev–Trinajstić information content (AvgIpc) is 3.35. The van der Waals surface area contributed by atoms with Crippen molar-refractivity contribution >= 4 is 34.8 Å². The fraction of sp³-hybridized carbons (Fsp3) is 0.346. The van der Waals surface area contributed by atoms with Gasteiger partial charge in [0.2, 0.25) is 0 Å². The minimum absolute atomic E-state index is 0. The van der Waals surface area contributed by atoms with Crippen molar-refractivity contribution in [1.29, 1.82) is 0 Å². The van der Waals surface area contributed by atoms with Crippen LogP contribution < -0.4 is 19.7 Å². The molecular formula is C26H33ClN6O2. The summed E-state index contributed by atoms with van der Waals surface area (Å²) in [5, 5.41) is 7.87. The lowest BCUT2D eigenvalue weighted by molar-refractivity contribution is 0.394. The van der Waals surface area contributed by atoms with Gasteiger partial charge in [0.1, 0.15) is 11.5 Å². The number of rotatable bonds is 10. The minimum atomic E-state index is 0. The molecule has 0 radical (unpaired) electrons. The number of aromatic nitrogens is 4. The lowest BCUT2D eigenvalue weighted by Gasteiger charge is -2.27. The predicted molar refractivity (Wildman–Crippen MR) is 143 cm³/mol. The van der Waals surface area contributed by atoms with Gasteiger partial charge < -0.3 is 19.7 Å². The molecule has 4 rings (SSSR count). The van der Waals surface area contributed by atoms with Gasteiger partial charge in [-0.05, 0) is 25.1 Å². The first-order chi connectivity index (χ1) is 16.5. The first-order valence-corrected chi connectivity index (χ1v) is 11.5. The molecule has 0 aliphatic rings. The van der Waals surface area contributed by atoms with E-state index in [9.17, 15) is 0 Å². The number of anilines is 2. The molecule has 4 aromatic rings. The normalized spacial score (nSPS) is 10.9. The summed E-state index contributed by atoms with van der Waals surface area (Å²) in [6.45, 7) is 8.74. The Bertz CT molecular complexity index is 1240. The standard InChI is InChI=1S/C26H32N6O2.ClH/c1-6-31-17-19(15-29-31)26-16-28-24-8-7-20(13-25(24)30-26)32(10-9-27-18(2)3)21-11-22(33-4)14-23(12-21)34-5;/h7-8,11-18,27H,6,9-10H2,1-5H3;1H. The third kappa shape index (κ3) is 6.21. The lowest BCUT2D eigenvalue weighted by atomic mass is 10.2. The van der Waals surface area contributed by atoms with Crippen molar-refractivity contribution in [3.05, 3.63) is 55.0 Å². The molecule has 8 nitrogen and oxygen atoms in total. The Morgan fingerprint density at radius 3 is 2.34 bits per heavy atom. The summed E-state index contributed by atoms with van der Waals surface area (Å²) in [7, 11) is 3.33. The smallest absolute Gasteiger partial charge is 0.124 e. The summed E-state index contributed by atoms with van der Waals surface area (Å²) in [4.78, 5) is 11.8. The second-order valence-electron chi connectivity index (χ2n) is 8.34. The van der Waals surface area contributed by atoms with Gasteiger partial charge in [-0.2, -0.15) is 5.10 Å². The number of hydrogen-bond donors (Lipinski definition) is 1. The molecule has 2 aromatic heterocycles. The van der Waals surface area contributed by atoms with Gasteiger partial charge in [-0.1, -0.05) is 13.8 Å². The quantitative estimate of drug-likeness (QED) is 0.327. The summed E-state index contributed by atoms with van der Waals surface area (Å²) in [6, 6.07) is 12.5. The van der Waals surface area contributed by atoms with Crippen LogP contribution in [0.4, 0.5) is 11.4 Å². The van der Waals surface area contributed by atoms with E-state index in [4.69, 9.17) is 14.5 Å². The van der Waals surface area contributed by atoms with Crippen LogP contribution in [0.2, 0.25) is 0 Å². The summed E-state index contributed by atoms with van der Waals surface area (Å²) in [6.07, 6.45) is 5.62. The highest BCUT2D eigenvalue weighted by Gasteiger charge is 2.15. The number of benzene rings is 2. The van der Waals surface area contributed by atoms with Crippen LogP contribution in [0.3, 0.4) is 0 Å². The van der Waals surface area contributed by atoms with Crippen molar-refractivity contribution in [3.63, 3.8) is 0 Å². The Hall–Kier alpha value is -3.36. The van der Waals surface area contributed by atoms with E-state index < -0.39 is 0 Å². The molecule has 9 heteroatoms. The van der Waals surface area contributed by atoms with Crippen molar-refractivity contribution in [1.82, 2.24) is 25.1 Å². The minimum Gasteiger partial charge on any atom is -0.497 e. The van der Waals surface area contributed by atoms with Gasteiger partial charge in [-0.3, -0.25) is 9.67 Å². The molecule has 2 heterocycles. The molecule has 186 valence electrons. The topological polar surface area (TPSA) is 77.3 Å². The van der Waals surface area contributed by atoms with E-state index in [1.165, 1.54) is 0 Å². The summed E-state index contributed by atoms with van der Waals surface area (Å²) >= 11 is 0. The number of fused-ring (bicyclic) bond motifs is 1. The van der Waals surface area contributed by atoms with E-state index in [1.54, 1.807) is 20.4 Å². The molecule has 2 aromatic carbocycles. The van der Waals surface area contributed by atoms with Crippen LogP contribution in [0, 0.1) is 0 Å². The average molecular weight is 497 g/mol. The van der Waals surface area contributed by atoms with Crippen LogP contribution in [0.1, 0.15) is 20.8 Å². The molecule has 0 saturated carbocycles. The monoisotopic (exact) mass is 496 g/mol. The summed E-state index contributed by atoms with van der Waals surface area (Å²) in [5.74, 6) is 1.49. The van der Waals surface area contributed by atoms with Crippen LogP contribution in [-0.2, 0) is 6.54 Å². The third-order valence-corrected chi connectivity index (χ3v) is 5.63. The number of methoxy groups -OCH3 is 2. The first kappa shape index (κ1) is 26.2. The van der Waals surface area contributed by atoms with Crippen molar-refractivity contribution in [2.45, 2.75) is 33.4 Å². The van der Waals surface area contributed by atoms with E-state index in [1.807, 2.05) is 41.3 Å².